The van der Waals surface area contributed by atoms with Crippen LogP contribution >= 0.6 is 63.7 Å². The second-order valence-electron chi connectivity index (χ2n) is 3.96. The molecule has 0 heterocycles. The van der Waals surface area contributed by atoms with Crippen LogP contribution in [0.2, 0.25) is 0 Å². The first-order chi connectivity index (χ1) is 9.36. The Hall–Kier alpha value is -0.370. The Bertz CT molecular complexity index is 645. The van der Waals surface area contributed by atoms with E-state index >= 15 is 0 Å². The molecule has 0 fully saturated rings. The van der Waals surface area contributed by atoms with Crippen LogP contribution in [0.3, 0.4) is 0 Å². The van der Waals surface area contributed by atoms with E-state index in [9.17, 15) is 4.79 Å². The number of hydrogen-bond donors (Lipinski definition) is 2. The monoisotopic (exact) mass is 524 g/mol. The summed E-state index contributed by atoms with van der Waals surface area (Å²) in [6.45, 7) is 0. The number of halogens is 4. The third kappa shape index (κ3) is 3.84. The Morgan fingerprint density at radius 3 is 2.00 bits per heavy atom. The SMILES string of the molecule is Nc1cc(Br)cc(Br)c1NC(=O)c1cc(Br)cc(Br)c1. The summed E-state index contributed by atoms with van der Waals surface area (Å²) >= 11 is 13.4. The van der Waals surface area contributed by atoms with Crippen molar-refractivity contribution in [3.8, 4) is 0 Å². The van der Waals surface area contributed by atoms with Crippen molar-refractivity contribution in [1.29, 1.82) is 0 Å². The molecular weight excluding hydrogens is 520 g/mol. The maximum atomic E-state index is 12.3. The molecule has 0 spiro atoms. The zero-order valence-corrected chi connectivity index (χ0v) is 16.2. The van der Waals surface area contributed by atoms with Crippen LogP contribution in [0.1, 0.15) is 10.4 Å². The molecule has 2 rings (SSSR count). The summed E-state index contributed by atoms with van der Waals surface area (Å²) in [5.41, 5.74) is 7.47. The molecule has 0 aromatic heterocycles. The van der Waals surface area contributed by atoms with E-state index in [-0.39, 0.29) is 5.91 Å². The second kappa shape index (κ2) is 6.60. The lowest BCUT2D eigenvalue weighted by Gasteiger charge is -2.11. The van der Waals surface area contributed by atoms with Gasteiger partial charge in [0.2, 0.25) is 0 Å². The minimum absolute atomic E-state index is 0.235. The van der Waals surface area contributed by atoms with Crippen molar-refractivity contribution >= 4 is 81.0 Å². The average Bonchev–Trinajstić information content (AvgIpc) is 2.32. The van der Waals surface area contributed by atoms with Gasteiger partial charge in [0.1, 0.15) is 0 Å². The van der Waals surface area contributed by atoms with Crippen LogP contribution in [-0.2, 0) is 0 Å². The van der Waals surface area contributed by atoms with Crippen LogP contribution in [0.15, 0.2) is 48.2 Å². The van der Waals surface area contributed by atoms with Crippen LogP contribution in [0, 0.1) is 0 Å². The zero-order valence-electron chi connectivity index (χ0n) is 9.88. The molecule has 0 aliphatic carbocycles. The highest BCUT2D eigenvalue weighted by molar-refractivity contribution is 9.11. The summed E-state index contributed by atoms with van der Waals surface area (Å²) < 4.78 is 3.19. The second-order valence-corrected chi connectivity index (χ2v) is 7.57. The molecule has 104 valence electrons. The van der Waals surface area contributed by atoms with Gasteiger partial charge in [-0.1, -0.05) is 47.8 Å². The standard InChI is InChI=1S/C13H8Br4N2O/c14-7-1-6(2-8(15)3-7)13(20)19-12-10(17)4-9(16)5-11(12)18/h1-5H,18H2,(H,19,20). The van der Waals surface area contributed by atoms with Crippen molar-refractivity contribution < 1.29 is 4.79 Å². The van der Waals surface area contributed by atoms with E-state index in [2.05, 4.69) is 69.0 Å². The lowest BCUT2D eigenvalue weighted by molar-refractivity contribution is 0.102. The summed E-state index contributed by atoms with van der Waals surface area (Å²) in [4.78, 5) is 12.3. The van der Waals surface area contributed by atoms with Crippen LogP contribution in [0.5, 0.6) is 0 Å². The normalized spacial score (nSPS) is 10.4. The number of benzene rings is 2. The quantitative estimate of drug-likeness (QED) is 0.502. The van der Waals surface area contributed by atoms with Crippen molar-refractivity contribution in [2.75, 3.05) is 11.1 Å². The molecule has 0 atom stereocenters. The van der Waals surface area contributed by atoms with Gasteiger partial charge in [-0.2, -0.15) is 0 Å². The maximum Gasteiger partial charge on any atom is 0.255 e. The highest BCUT2D eigenvalue weighted by atomic mass is 79.9. The first-order valence-electron chi connectivity index (χ1n) is 5.39. The number of carbonyl (C=O) groups is 1. The minimum Gasteiger partial charge on any atom is -0.397 e. The van der Waals surface area contributed by atoms with Crippen molar-refractivity contribution in [1.82, 2.24) is 0 Å². The molecule has 3 nitrogen and oxygen atoms in total. The molecule has 20 heavy (non-hydrogen) atoms. The Morgan fingerprint density at radius 2 is 1.45 bits per heavy atom. The van der Waals surface area contributed by atoms with Crippen molar-refractivity contribution in [3.05, 3.63) is 53.8 Å². The largest absolute Gasteiger partial charge is 0.397 e. The lowest BCUT2D eigenvalue weighted by Crippen LogP contribution is -2.13. The molecule has 0 saturated carbocycles. The molecule has 0 aliphatic rings. The number of rotatable bonds is 2. The Labute approximate surface area is 149 Å². The summed E-state index contributed by atoms with van der Waals surface area (Å²) in [6.07, 6.45) is 0. The Balaban J connectivity index is 2.32. The molecule has 0 saturated heterocycles. The number of anilines is 2. The first kappa shape index (κ1) is 16.0. The van der Waals surface area contributed by atoms with Gasteiger partial charge >= 0.3 is 0 Å². The van der Waals surface area contributed by atoms with Gasteiger partial charge in [-0.05, 0) is 46.3 Å². The number of hydrogen-bond acceptors (Lipinski definition) is 2. The molecule has 0 bridgehead atoms. The predicted octanol–water partition coefficient (Wildman–Crippen LogP) is 5.57. The average molecular weight is 528 g/mol. The molecular formula is C13H8Br4N2O. The molecule has 2 aromatic rings. The molecule has 0 aliphatic heterocycles. The van der Waals surface area contributed by atoms with Crippen LogP contribution in [0.25, 0.3) is 0 Å². The number of nitrogen functional groups attached to an aromatic ring is 1. The van der Waals surface area contributed by atoms with Crippen molar-refractivity contribution in [2.45, 2.75) is 0 Å². The van der Waals surface area contributed by atoms with Gasteiger partial charge < -0.3 is 11.1 Å². The molecule has 7 heteroatoms. The molecule has 2 aromatic carbocycles. The van der Waals surface area contributed by atoms with Gasteiger partial charge in [0, 0.05) is 23.5 Å². The fourth-order valence-electron chi connectivity index (χ4n) is 1.60. The smallest absolute Gasteiger partial charge is 0.255 e. The Kier molecular flexibility index (Phi) is 5.28. The summed E-state index contributed by atoms with van der Waals surface area (Å²) in [6, 6.07) is 8.90. The predicted molar refractivity (Wildman–Crippen MR) is 96.0 cm³/mol. The third-order valence-electron chi connectivity index (χ3n) is 2.45. The highest BCUT2D eigenvalue weighted by Crippen LogP contribution is 2.33. The van der Waals surface area contributed by atoms with E-state index in [0.29, 0.717) is 21.4 Å². The minimum atomic E-state index is -0.235. The summed E-state index contributed by atoms with van der Waals surface area (Å²) in [5, 5.41) is 2.80. The van der Waals surface area contributed by atoms with Crippen LogP contribution < -0.4 is 11.1 Å². The molecule has 1 amide bonds. The van der Waals surface area contributed by atoms with Gasteiger partial charge in [0.05, 0.1) is 11.4 Å². The van der Waals surface area contributed by atoms with Gasteiger partial charge in [0.15, 0.2) is 0 Å². The zero-order chi connectivity index (χ0) is 14.9. The van der Waals surface area contributed by atoms with E-state index in [1.54, 1.807) is 18.2 Å². The van der Waals surface area contributed by atoms with E-state index in [0.717, 1.165) is 13.4 Å². The number of amides is 1. The number of nitrogens with two attached hydrogens (primary N) is 1. The van der Waals surface area contributed by atoms with Crippen LogP contribution in [-0.4, -0.2) is 5.91 Å². The van der Waals surface area contributed by atoms with E-state index < -0.39 is 0 Å². The lowest BCUT2D eigenvalue weighted by atomic mass is 10.2. The van der Waals surface area contributed by atoms with Gasteiger partial charge in [-0.25, -0.2) is 0 Å². The Morgan fingerprint density at radius 1 is 0.900 bits per heavy atom. The summed E-state index contributed by atoms with van der Waals surface area (Å²) in [5.74, 6) is -0.235. The summed E-state index contributed by atoms with van der Waals surface area (Å²) in [7, 11) is 0. The van der Waals surface area contributed by atoms with E-state index in [1.807, 2.05) is 12.1 Å². The maximum absolute atomic E-state index is 12.3. The molecule has 0 unspecified atom stereocenters. The van der Waals surface area contributed by atoms with Gasteiger partial charge in [0.25, 0.3) is 5.91 Å². The first-order valence-corrected chi connectivity index (χ1v) is 8.56. The fraction of sp³-hybridized carbons (Fsp3) is 0. The van der Waals surface area contributed by atoms with Gasteiger partial charge in [-0.3, -0.25) is 4.79 Å². The van der Waals surface area contributed by atoms with Gasteiger partial charge in [-0.15, -0.1) is 0 Å². The van der Waals surface area contributed by atoms with E-state index in [1.165, 1.54) is 0 Å². The highest BCUT2D eigenvalue weighted by Gasteiger charge is 2.13. The van der Waals surface area contributed by atoms with Crippen molar-refractivity contribution in [3.63, 3.8) is 0 Å². The number of nitrogens with one attached hydrogen (secondary N) is 1. The van der Waals surface area contributed by atoms with E-state index in [4.69, 9.17) is 5.73 Å². The molecule has 0 radical (unpaired) electrons. The molecule has 3 N–H and O–H groups in total. The van der Waals surface area contributed by atoms with Crippen LogP contribution in [0.4, 0.5) is 11.4 Å². The third-order valence-corrected chi connectivity index (χ3v) is 4.45. The number of carbonyl (C=O) groups excluding carboxylic acids is 1. The van der Waals surface area contributed by atoms with Crippen molar-refractivity contribution in [2.24, 2.45) is 0 Å². The topological polar surface area (TPSA) is 55.1 Å². The fourth-order valence-corrected chi connectivity index (χ4v) is 4.25.